The highest BCUT2D eigenvalue weighted by Crippen LogP contribution is 2.30. The van der Waals surface area contributed by atoms with Gasteiger partial charge < -0.3 is 19.5 Å². The summed E-state index contributed by atoms with van der Waals surface area (Å²) in [6.45, 7) is 2.50. The Bertz CT molecular complexity index is 375. The number of ether oxygens (including phenoxy) is 3. The summed E-state index contributed by atoms with van der Waals surface area (Å²) in [4.78, 5) is 0. The van der Waals surface area contributed by atoms with Crippen molar-refractivity contribution in [2.45, 2.75) is 25.4 Å². The van der Waals surface area contributed by atoms with Crippen LogP contribution >= 0.6 is 0 Å². The SMILES string of the molecule is COc1cccc(CNC2CCOCC2)c1OC. The minimum absolute atomic E-state index is 0.537. The van der Waals surface area contributed by atoms with Crippen LogP contribution in [-0.2, 0) is 11.3 Å². The quantitative estimate of drug-likeness (QED) is 0.868. The summed E-state index contributed by atoms with van der Waals surface area (Å²) >= 11 is 0. The van der Waals surface area contributed by atoms with Crippen molar-refractivity contribution in [3.8, 4) is 11.5 Å². The fraction of sp³-hybridized carbons (Fsp3) is 0.571. The largest absolute Gasteiger partial charge is 0.493 e. The van der Waals surface area contributed by atoms with Crippen LogP contribution in [0.1, 0.15) is 18.4 Å². The lowest BCUT2D eigenvalue weighted by Crippen LogP contribution is -2.34. The second kappa shape index (κ2) is 6.61. The molecule has 0 aromatic heterocycles. The van der Waals surface area contributed by atoms with Gasteiger partial charge in [0.2, 0.25) is 0 Å². The van der Waals surface area contributed by atoms with E-state index in [0.29, 0.717) is 6.04 Å². The molecule has 18 heavy (non-hydrogen) atoms. The molecule has 0 spiro atoms. The zero-order valence-corrected chi connectivity index (χ0v) is 11.1. The van der Waals surface area contributed by atoms with Crippen molar-refractivity contribution in [1.82, 2.24) is 5.32 Å². The second-order valence-electron chi connectivity index (χ2n) is 4.42. The van der Waals surface area contributed by atoms with Gasteiger partial charge in [-0.2, -0.15) is 0 Å². The van der Waals surface area contributed by atoms with Gasteiger partial charge in [-0.1, -0.05) is 12.1 Å². The fourth-order valence-electron chi connectivity index (χ4n) is 2.25. The van der Waals surface area contributed by atoms with Crippen LogP contribution in [0.2, 0.25) is 0 Å². The number of rotatable bonds is 5. The van der Waals surface area contributed by atoms with E-state index in [1.165, 1.54) is 0 Å². The highest BCUT2D eigenvalue weighted by molar-refractivity contribution is 5.46. The van der Waals surface area contributed by atoms with Crippen LogP contribution in [0.4, 0.5) is 0 Å². The van der Waals surface area contributed by atoms with E-state index in [4.69, 9.17) is 14.2 Å². The van der Waals surface area contributed by atoms with E-state index in [0.717, 1.165) is 49.7 Å². The molecule has 1 saturated heterocycles. The molecule has 1 aromatic rings. The Labute approximate surface area is 108 Å². The number of benzene rings is 1. The molecule has 1 N–H and O–H groups in total. The van der Waals surface area contributed by atoms with Gasteiger partial charge in [-0.3, -0.25) is 0 Å². The predicted molar refractivity (Wildman–Crippen MR) is 70.2 cm³/mol. The van der Waals surface area contributed by atoms with E-state index in [2.05, 4.69) is 11.4 Å². The molecule has 0 amide bonds. The Morgan fingerprint density at radius 1 is 1.22 bits per heavy atom. The molecule has 2 rings (SSSR count). The molecule has 1 heterocycles. The minimum Gasteiger partial charge on any atom is -0.493 e. The highest BCUT2D eigenvalue weighted by Gasteiger charge is 2.15. The molecular formula is C14H21NO3. The number of hydrogen-bond acceptors (Lipinski definition) is 4. The highest BCUT2D eigenvalue weighted by atomic mass is 16.5. The lowest BCUT2D eigenvalue weighted by molar-refractivity contribution is 0.0775. The summed E-state index contributed by atoms with van der Waals surface area (Å²) in [5, 5.41) is 3.55. The molecule has 0 saturated carbocycles. The summed E-state index contributed by atoms with van der Waals surface area (Å²) in [6.07, 6.45) is 2.15. The molecule has 4 heteroatoms. The van der Waals surface area contributed by atoms with Crippen molar-refractivity contribution in [1.29, 1.82) is 0 Å². The van der Waals surface area contributed by atoms with Gasteiger partial charge in [-0.05, 0) is 18.9 Å². The average Bonchev–Trinajstić information content (AvgIpc) is 2.45. The van der Waals surface area contributed by atoms with Gasteiger partial charge >= 0.3 is 0 Å². The molecule has 1 aromatic carbocycles. The third-order valence-corrected chi connectivity index (χ3v) is 3.29. The molecule has 0 radical (unpaired) electrons. The molecule has 0 aliphatic carbocycles. The smallest absolute Gasteiger partial charge is 0.165 e. The minimum atomic E-state index is 0.537. The molecule has 1 fully saturated rings. The summed E-state index contributed by atoms with van der Waals surface area (Å²) in [5.74, 6) is 1.60. The maximum absolute atomic E-state index is 5.42. The van der Waals surface area contributed by atoms with Gasteiger partial charge in [0.25, 0.3) is 0 Å². The second-order valence-corrected chi connectivity index (χ2v) is 4.42. The Balaban J connectivity index is 1.99. The molecule has 0 unspecified atom stereocenters. The summed E-state index contributed by atoms with van der Waals surface area (Å²) in [7, 11) is 3.34. The van der Waals surface area contributed by atoms with Crippen LogP contribution in [-0.4, -0.2) is 33.5 Å². The predicted octanol–water partition coefficient (Wildman–Crippen LogP) is 1.97. The van der Waals surface area contributed by atoms with Gasteiger partial charge in [-0.25, -0.2) is 0 Å². The number of methoxy groups -OCH3 is 2. The third kappa shape index (κ3) is 3.15. The lowest BCUT2D eigenvalue weighted by Gasteiger charge is -2.23. The molecule has 1 aliphatic heterocycles. The van der Waals surface area contributed by atoms with Crippen LogP contribution in [0.15, 0.2) is 18.2 Å². The maximum atomic E-state index is 5.42. The zero-order chi connectivity index (χ0) is 12.8. The first-order valence-corrected chi connectivity index (χ1v) is 6.36. The normalized spacial score (nSPS) is 16.6. The van der Waals surface area contributed by atoms with Gasteiger partial charge in [0.15, 0.2) is 11.5 Å². The van der Waals surface area contributed by atoms with Crippen LogP contribution in [0, 0.1) is 0 Å². The van der Waals surface area contributed by atoms with Gasteiger partial charge in [0, 0.05) is 31.4 Å². The van der Waals surface area contributed by atoms with E-state index in [1.807, 2.05) is 12.1 Å². The molecule has 1 aliphatic rings. The molecule has 100 valence electrons. The van der Waals surface area contributed by atoms with Crippen molar-refractivity contribution in [2.24, 2.45) is 0 Å². The van der Waals surface area contributed by atoms with Gasteiger partial charge in [0.05, 0.1) is 14.2 Å². The summed E-state index contributed by atoms with van der Waals surface area (Å²) < 4.78 is 16.1. The Kier molecular flexibility index (Phi) is 4.84. The van der Waals surface area contributed by atoms with Crippen LogP contribution < -0.4 is 14.8 Å². The van der Waals surface area contributed by atoms with Gasteiger partial charge in [-0.15, -0.1) is 0 Å². The average molecular weight is 251 g/mol. The number of hydrogen-bond donors (Lipinski definition) is 1. The van der Waals surface area contributed by atoms with E-state index in [9.17, 15) is 0 Å². The Morgan fingerprint density at radius 2 is 2.00 bits per heavy atom. The standard InChI is InChI=1S/C14H21NO3/c1-16-13-5-3-4-11(14(13)17-2)10-15-12-6-8-18-9-7-12/h3-5,12,15H,6-10H2,1-2H3. The maximum Gasteiger partial charge on any atom is 0.165 e. The monoisotopic (exact) mass is 251 g/mol. The van der Waals surface area contributed by atoms with E-state index in [1.54, 1.807) is 14.2 Å². The topological polar surface area (TPSA) is 39.7 Å². The molecule has 4 nitrogen and oxygen atoms in total. The summed E-state index contributed by atoms with van der Waals surface area (Å²) in [5.41, 5.74) is 1.13. The van der Waals surface area contributed by atoms with Gasteiger partial charge in [0.1, 0.15) is 0 Å². The molecule has 0 bridgehead atoms. The van der Waals surface area contributed by atoms with Crippen molar-refractivity contribution >= 4 is 0 Å². The van der Waals surface area contributed by atoms with E-state index >= 15 is 0 Å². The first-order valence-electron chi connectivity index (χ1n) is 6.36. The van der Waals surface area contributed by atoms with Crippen molar-refractivity contribution in [3.63, 3.8) is 0 Å². The zero-order valence-electron chi connectivity index (χ0n) is 11.1. The molecule has 0 atom stereocenters. The fourth-order valence-corrected chi connectivity index (χ4v) is 2.25. The first-order chi connectivity index (χ1) is 8.85. The Hall–Kier alpha value is -1.26. The number of nitrogens with one attached hydrogen (secondary N) is 1. The summed E-state index contributed by atoms with van der Waals surface area (Å²) in [6, 6.07) is 6.50. The Morgan fingerprint density at radius 3 is 2.67 bits per heavy atom. The molecular weight excluding hydrogens is 230 g/mol. The van der Waals surface area contributed by atoms with Crippen LogP contribution in [0.3, 0.4) is 0 Å². The number of para-hydroxylation sites is 1. The van der Waals surface area contributed by atoms with Crippen LogP contribution in [0.25, 0.3) is 0 Å². The van der Waals surface area contributed by atoms with E-state index < -0.39 is 0 Å². The lowest BCUT2D eigenvalue weighted by atomic mass is 10.1. The first kappa shape index (κ1) is 13.2. The van der Waals surface area contributed by atoms with Crippen molar-refractivity contribution in [2.75, 3.05) is 27.4 Å². The van der Waals surface area contributed by atoms with Crippen LogP contribution in [0.5, 0.6) is 11.5 Å². The van der Waals surface area contributed by atoms with E-state index in [-0.39, 0.29) is 0 Å². The van der Waals surface area contributed by atoms with Crippen molar-refractivity contribution in [3.05, 3.63) is 23.8 Å². The third-order valence-electron chi connectivity index (χ3n) is 3.29. The van der Waals surface area contributed by atoms with Crippen molar-refractivity contribution < 1.29 is 14.2 Å².